The number of aromatic nitrogens is 4. The van der Waals surface area contributed by atoms with Gasteiger partial charge in [-0.3, -0.25) is 4.57 Å². The van der Waals surface area contributed by atoms with E-state index in [1.54, 1.807) is 0 Å². The van der Waals surface area contributed by atoms with Crippen molar-refractivity contribution in [3.05, 3.63) is 182 Å². The first-order chi connectivity index (χ1) is 28.3. The summed E-state index contributed by atoms with van der Waals surface area (Å²) in [5.74, 6) is 1.65. The average Bonchev–Trinajstić information content (AvgIpc) is 3.96. The van der Waals surface area contributed by atoms with Crippen LogP contribution in [0.4, 0.5) is 0 Å². The van der Waals surface area contributed by atoms with E-state index in [9.17, 15) is 0 Å². The van der Waals surface area contributed by atoms with Crippen molar-refractivity contribution in [3.8, 4) is 51.0 Å². The zero-order chi connectivity index (χ0) is 37.5. The second-order valence-electron chi connectivity index (χ2n) is 14.3. The molecule has 12 aromatic rings. The summed E-state index contributed by atoms with van der Waals surface area (Å²) in [4.78, 5) is 15.7. The van der Waals surface area contributed by atoms with Crippen LogP contribution in [0.3, 0.4) is 0 Å². The number of para-hydroxylation sites is 1. The molecule has 0 bridgehead atoms. The lowest BCUT2D eigenvalue weighted by Crippen LogP contribution is -2.06. The van der Waals surface area contributed by atoms with Crippen LogP contribution in [-0.2, 0) is 0 Å². The van der Waals surface area contributed by atoms with Crippen LogP contribution in [-0.4, -0.2) is 19.5 Å². The maximum absolute atomic E-state index is 6.55. The van der Waals surface area contributed by atoms with Crippen molar-refractivity contribution in [3.63, 3.8) is 0 Å². The molecule has 4 heterocycles. The molecule has 0 aliphatic carbocycles. The summed E-state index contributed by atoms with van der Waals surface area (Å²) in [7, 11) is 0. The highest BCUT2D eigenvalue weighted by atomic mass is 16.3. The fourth-order valence-electron chi connectivity index (χ4n) is 8.57. The first kappa shape index (κ1) is 31.5. The minimum Gasteiger partial charge on any atom is -0.456 e. The Morgan fingerprint density at radius 3 is 1.65 bits per heavy atom. The highest BCUT2D eigenvalue weighted by Gasteiger charge is 2.24. The molecule has 0 N–H and O–H groups in total. The normalized spacial score (nSPS) is 11.9. The van der Waals surface area contributed by atoms with Gasteiger partial charge in [0.25, 0.3) is 0 Å². The molecule has 0 atom stereocenters. The molecule has 0 radical (unpaired) electrons. The first-order valence-electron chi connectivity index (χ1n) is 19.0. The highest BCUT2D eigenvalue weighted by Crippen LogP contribution is 2.45. The summed E-state index contributed by atoms with van der Waals surface area (Å²) in [6, 6.07) is 62.5. The minimum absolute atomic E-state index is 0.521. The molecule has 8 aromatic carbocycles. The molecule has 6 heteroatoms. The van der Waals surface area contributed by atoms with Crippen LogP contribution in [0.1, 0.15) is 0 Å². The molecule has 0 spiro atoms. The zero-order valence-electron chi connectivity index (χ0n) is 30.4. The van der Waals surface area contributed by atoms with Crippen LogP contribution < -0.4 is 0 Å². The van der Waals surface area contributed by atoms with E-state index >= 15 is 0 Å². The number of fused-ring (bicyclic) bond motifs is 10. The number of benzene rings is 8. The molecular formula is C51H30N4O2. The van der Waals surface area contributed by atoms with Gasteiger partial charge in [-0.25, -0.2) is 4.98 Å². The van der Waals surface area contributed by atoms with E-state index in [2.05, 4.69) is 126 Å². The third kappa shape index (κ3) is 4.87. The van der Waals surface area contributed by atoms with Crippen molar-refractivity contribution in [1.82, 2.24) is 19.5 Å². The topological polar surface area (TPSA) is 69.9 Å². The van der Waals surface area contributed by atoms with Gasteiger partial charge in [0.2, 0.25) is 5.95 Å². The lowest BCUT2D eigenvalue weighted by atomic mass is 9.97. The van der Waals surface area contributed by atoms with Gasteiger partial charge in [0.1, 0.15) is 22.3 Å². The number of hydrogen-bond acceptors (Lipinski definition) is 5. The van der Waals surface area contributed by atoms with Gasteiger partial charge in [0, 0.05) is 43.4 Å². The predicted octanol–water partition coefficient (Wildman–Crippen LogP) is 13.4. The molecular weight excluding hydrogens is 701 g/mol. The summed E-state index contributed by atoms with van der Waals surface area (Å²) >= 11 is 0. The van der Waals surface area contributed by atoms with Crippen LogP contribution >= 0.6 is 0 Å². The summed E-state index contributed by atoms with van der Waals surface area (Å²) in [5.41, 5.74) is 11.5. The molecule has 266 valence electrons. The Bertz CT molecular complexity index is 3510. The van der Waals surface area contributed by atoms with E-state index in [0.29, 0.717) is 17.6 Å². The lowest BCUT2D eigenvalue weighted by molar-refractivity contribution is 0.669. The minimum atomic E-state index is 0.521. The molecule has 0 aliphatic heterocycles. The van der Waals surface area contributed by atoms with E-state index in [-0.39, 0.29) is 0 Å². The van der Waals surface area contributed by atoms with Crippen LogP contribution in [0.15, 0.2) is 191 Å². The van der Waals surface area contributed by atoms with Gasteiger partial charge in [0.05, 0.1) is 11.0 Å². The van der Waals surface area contributed by atoms with Crippen LogP contribution in [0.5, 0.6) is 0 Å². The Hall–Kier alpha value is -7.83. The van der Waals surface area contributed by atoms with Crippen molar-refractivity contribution < 1.29 is 8.83 Å². The van der Waals surface area contributed by atoms with Gasteiger partial charge >= 0.3 is 0 Å². The molecule has 0 unspecified atom stereocenters. The third-order valence-electron chi connectivity index (χ3n) is 11.1. The van der Waals surface area contributed by atoms with Crippen molar-refractivity contribution in [2.45, 2.75) is 0 Å². The summed E-state index contributed by atoms with van der Waals surface area (Å²) in [6.45, 7) is 0. The van der Waals surface area contributed by atoms with Gasteiger partial charge < -0.3 is 8.83 Å². The van der Waals surface area contributed by atoms with Crippen LogP contribution in [0, 0.1) is 0 Å². The van der Waals surface area contributed by atoms with Crippen molar-refractivity contribution in [1.29, 1.82) is 0 Å². The molecule has 0 saturated carbocycles. The molecule has 0 aliphatic rings. The molecule has 0 amide bonds. The Balaban J connectivity index is 1.14. The zero-order valence-corrected chi connectivity index (χ0v) is 30.4. The van der Waals surface area contributed by atoms with Gasteiger partial charge in [-0.2, -0.15) is 9.97 Å². The van der Waals surface area contributed by atoms with E-state index in [4.69, 9.17) is 23.8 Å². The standard InChI is InChI=1S/C51H30N4O2/c1-4-14-31(15-5-1)35-22-13-25-42-45(35)38-27-26-34(30-44(38)57-42)50-52-49(33-18-8-3-9-19-33)53-51(54-50)55-39-23-12-21-36(32-16-6-2-7-17-32)46(39)48-40(55)28-29-43-47(48)37-20-10-11-24-41(37)56-43/h1-30H. The van der Waals surface area contributed by atoms with Gasteiger partial charge in [-0.1, -0.05) is 140 Å². The highest BCUT2D eigenvalue weighted by molar-refractivity contribution is 6.29. The monoisotopic (exact) mass is 730 g/mol. The fourth-order valence-corrected chi connectivity index (χ4v) is 8.57. The van der Waals surface area contributed by atoms with E-state index in [0.717, 1.165) is 99.1 Å². The quantitative estimate of drug-likeness (QED) is 0.176. The summed E-state index contributed by atoms with van der Waals surface area (Å²) in [6.07, 6.45) is 0. The SMILES string of the molecule is c1ccc(-c2nc(-c3ccc4c(c3)oc3cccc(-c5ccccc5)c34)nc(-n3c4cccc(-c5ccccc5)c4c4c5c(ccc43)oc3ccccc35)n2)cc1. The Kier molecular flexibility index (Phi) is 6.83. The van der Waals surface area contributed by atoms with Gasteiger partial charge in [0.15, 0.2) is 11.6 Å². The van der Waals surface area contributed by atoms with Crippen molar-refractivity contribution >= 4 is 65.7 Å². The number of hydrogen-bond donors (Lipinski definition) is 0. The summed E-state index contributed by atoms with van der Waals surface area (Å²) < 4.78 is 15.2. The fraction of sp³-hybridized carbons (Fsp3) is 0. The Morgan fingerprint density at radius 1 is 0.333 bits per heavy atom. The Morgan fingerprint density at radius 2 is 0.895 bits per heavy atom. The largest absolute Gasteiger partial charge is 0.456 e. The van der Waals surface area contributed by atoms with Crippen LogP contribution in [0.25, 0.3) is 117 Å². The molecule has 57 heavy (non-hydrogen) atoms. The second-order valence-corrected chi connectivity index (χ2v) is 14.3. The third-order valence-corrected chi connectivity index (χ3v) is 11.1. The number of rotatable bonds is 5. The number of furan rings is 2. The van der Waals surface area contributed by atoms with E-state index in [1.807, 2.05) is 60.7 Å². The van der Waals surface area contributed by atoms with E-state index in [1.165, 1.54) is 0 Å². The van der Waals surface area contributed by atoms with Gasteiger partial charge in [-0.05, 0) is 64.7 Å². The maximum Gasteiger partial charge on any atom is 0.238 e. The van der Waals surface area contributed by atoms with E-state index < -0.39 is 0 Å². The summed E-state index contributed by atoms with van der Waals surface area (Å²) in [5, 5.41) is 6.46. The molecule has 4 aromatic heterocycles. The smallest absolute Gasteiger partial charge is 0.238 e. The molecule has 0 saturated heterocycles. The molecule has 6 nitrogen and oxygen atoms in total. The average molecular weight is 731 g/mol. The molecule has 0 fully saturated rings. The van der Waals surface area contributed by atoms with Crippen molar-refractivity contribution in [2.24, 2.45) is 0 Å². The Labute approximate surface area is 325 Å². The number of nitrogens with zero attached hydrogens (tertiary/aromatic N) is 4. The second kappa shape index (κ2) is 12.3. The van der Waals surface area contributed by atoms with Crippen molar-refractivity contribution in [2.75, 3.05) is 0 Å². The van der Waals surface area contributed by atoms with Crippen LogP contribution in [0.2, 0.25) is 0 Å². The molecule has 12 rings (SSSR count). The first-order valence-corrected chi connectivity index (χ1v) is 19.0. The maximum atomic E-state index is 6.55. The lowest BCUT2D eigenvalue weighted by Gasteiger charge is -2.11. The van der Waals surface area contributed by atoms with Gasteiger partial charge in [-0.15, -0.1) is 0 Å². The predicted molar refractivity (Wildman–Crippen MR) is 230 cm³/mol.